The van der Waals surface area contributed by atoms with Gasteiger partial charge in [0.25, 0.3) is 0 Å². The Balaban J connectivity index is 3.99. The molecule has 2 atom stereocenters. The van der Waals surface area contributed by atoms with Crippen LogP contribution in [-0.2, 0) is 18.6 Å². The Kier molecular flexibility index (Phi) is 38.3. The summed E-state index contributed by atoms with van der Waals surface area (Å²) in [5.41, 5.74) is 0. The first-order chi connectivity index (χ1) is 24.7. The Morgan fingerprint density at radius 1 is 0.471 bits per heavy atom. The van der Waals surface area contributed by atoms with Crippen LogP contribution in [-0.4, -0.2) is 75.8 Å². The summed E-state index contributed by atoms with van der Waals surface area (Å²) in [4.78, 5) is 10.4. The monoisotopic (exact) mass is 747 g/mol. The molecule has 0 rings (SSSR count). The van der Waals surface area contributed by atoms with Crippen molar-refractivity contribution in [3.63, 3.8) is 0 Å². The summed E-state index contributed by atoms with van der Waals surface area (Å²) >= 11 is 0. The van der Waals surface area contributed by atoms with Gasteiger partial charge < -0.3 is 23.4 Å². The highest BCUT2D eigenvalue weighted by atomic mass is 31.2. The molecule has 1 N–H and O–H groups in total. The van der Waals surface area contributed by atoms with E-state index in [0.717, 1.165) is 19.4 Å². The van der Waals surface area contributed by atoms with Gasteiger partial charge in [-0.2, -0.15) is 0 Å². The summed E-state index contributed by atoms with van der Waals surface area (Å²) in [6.45, 7) is 7.08. The summed E-state index contributed by atoms with van der Waals surface area (Å²) < 4.78 is 31.0. The molecule has 0 amide bonds. The molecule has 0 aliphatic carbocycles. The smallest absolute Gasteiger partial charge is 0.333 e. The molecule has 0 saturated heterocycles. The average molecular weight is 747 g/mol. The van der Waals surface area contributed by atoms with E-state index in [1.165, 1.54) is 193 Å². The number of hydrogen-bond donors (Lipinski definition) is 1. The zero-order valence-electron chi connectivity index (χ0n) is 35.4. The second kappa shape index (κ2) is 38.3. The number of ether oxygens (including phenoxy) is 2. The van der Waals surface area contributed by atoms with Crippen molar-refractivity contribution in [2.24, 2.45) is 0 Å². The van der Waals surface area contributed by atoms with Gasteiger partial charge >= 0.3 is 7.60 Å². The second-order valence-corrected chi connectivity index (χ2v) is 18.8. The standard InChI is InChI=1S/C44H92NO5P/c1-6-8-10-12-14-16-18-20-22-24-26-28-30-32-34-36-39-48-42-44(43-50-51(46,47)41-38-45(3,4)5)49-40-37-35-33-31-29-27-25-23-21-19-17-15-13-11-9-7-2/h44H,6-43H2,1-5H3/p+1/t44-/m0/s1. The third-order valence-electron chi connectivity index (χ3n) is 10.3. The molecule has 0 aromatic rings. The van der Waals surface area contributed by atoms with Gasteiger partial charge in [-0.3, -0.25) is 4.57 Å². The Bertz CT molecular complexity index is 731. The van der Waals surface area contributed by atoms with E-state index in [0.29, 0.717) is 24.2 Å². The number of rotatable bonds is 43. The van der Waals surface area contributed by atoms with E-state index in [4.69, 9.17) is 14.0 Å². The number of unbranched alkanes of at least 4 members (excludes halogenated alkanes) is 30. The maximum absolute atomic E-state index is 12.7. The highest BCUT2D eigenvalue weighted by Crippen LogP contribution is 2.42. The molecule has 0 bridgehead atoms. The van der Waals surface area contributed by atoms with E-state index < -0.39 is 7.60 Å². The second-order valence-electron chi connectivity index (χ2n) is 16.8. The molecule has 0 aliphatic rings. The molecule has 6 nitrogen and oxygen atoms in total. The van der Waals surface area contributed by atoms with Gasteiger partial charge in [0.2, 0.25) is 0 Å². The zero-order chi connectivity index (χ0) is 37.6. The molecule has 0 spiro atoms. The van der Waals surface area contributed by atoms with Gasteiger partial charge in [0.05, 0.1) is 47.1 Å². The molecule has 0 fully saturated rings. The lowest BCUT2D eigenvalue weighted by Crippen LogP contribution is -2.37. The summed E-state index contributed by atoms with van der Waals surface area (Å²) in [6, 6.07) is 0. The van der Waals surface area contributed by atoms with Gasteiger partial charge in [0.1, 0.15) is 6.10 Å². The third kappa shape index (κ3) is 42.6. The molecular weight excluding hydrogens is 653 g/mol. The van der Waals surface area contributed by atoms with Crippen molar-refractivity contribution in [3.05, 3.63) is 0 Å². The quantitative estimate of drug-likeness (QED) is 0.0382. The van der Waals surface area contributed by atoms with Crippen molar-refractivity contribution in [3.8, 4) is 0 Å². The summed E-state index contributed by atoms with van der Waals surface area (Å²) in [5, 5.41) is 0. The fraction of sp³-hybridized carbons (Fsp3) is 1.00. The average Bonchev–Trinajstić information content (AvgIpc) is 3.10. The predicted octanol–water partition coefficient (Wildman–Crippen LogP) is 13.8. The highest BCUT2D eigenvalue weighted by molar-refractivity contribution is 7.52. The van der Waals surface area contributed by atoms with Gasteiger partial charge in [0.15, 0.2) is 0 Å². The van der Waals surface area contributed by atoms with Crippen molar-refractivity contribution in [1.82, 2.24) is 0 Å². The molecule has 0 saturated carbocycles. The van der Waals surface area contributed by atoms with E-state index >= 15 is 0 Å². The summed E-state index contributed by atoms with van der Waals surface area (Å²) in [5.74, 6) is 0. The molecular formula is C44H93NO5P+. The van der Waals surface area contributed by atoms with Crippen LogP contribution < -0.4 is 0 Å². The van der Waals surface area contributed by atoms with E-state index in [9.17, 15) is 9.46 Å². The lowest BCUT2D eigenvalue weighted by atomic mass is 10.0. The highest BCUT2D eigenvalue weighted by Gasteiger charge is 2.25. The Morgan fingerprint density at radius 2 is 0.784 bits per heavy atom. The van der Waals surface area contributed by atoms with Crippen LogP contribution in [0, 0.1) is 0 Å². The largest absolute Gasteiger partial charge is 0.379 e. The molecule has 0 aliphatic heterocycles. The number of nitrogens with zero attached hydrogens (tertiary/aromatic N) is 1. The van der Waals surface area contributed by atoms with Crippen LogP contribution in [0.2, 0.25) is 0 Å². The molecule has 0 aromatic heterocycles. The van der Waals surface area contributed by atoms with E-state index in [1.807, 2.05) is 21.1 Å². The van der Waals surface area contributed by atoms with Crippen LogP contribution >= 0.6 is 7.60 Å². The van der Waals surface area contributed by atoms with Crippen LogP contribution in [0.1, 0.15) is 219 Å². The van der Waals surface area contributed by atoms with Crippen molar-refractivity contribution in [1.29, 1.82) is 0 Å². The lowest BCUT2D eigenvalue weighted by Gasteiger charge is -2.25. The van der Waals surface area contributed by atoms with Gasteiger partial charge in [-0.1, -0.05) is 206 Å². The van der Waals surface area contributed by atoms with Crippen LogP contribution in [0.3, 0.4) is 0 Å². The van der Waals surface area contributed by atoms with Crippen LogP contribution in [0.25, 0.3) is 0 Å². The Hall–Kier alpha value is 0.0300. The van der Waals surface area contributed by atoms with Crippen LogP contribution in [0.15, 0.2) is 0 Å². The van der Waals surface area contributed by atoms with E-state index in [-0.39, 0.29) is 18.9 Å². The summed E-state index contributed by atoms with van der Waals surface area (Å²) in [7, 11) is 2.42. The van der Waals surface area contributed by atoms with Gasteiger partial charge in [0, 0.05) is 13.2 Å². The van der Waals surface area contributed by atoms with E-state index in [2.05, 4.69) is 13.8 Å². The summed E-state index contributed by atoms with van der Waals surface area (Å²) in [6.07, 6.45) is 43.2. The zero-order valence-corrected chi connectivity index (χ0v) is 36.3. The first kappa shape index (κ1) is 51.0. The van der Waals surface area contributed by atoms with E-state index in [1.54, 1.807) is 0 Å². The molecule has 1 unspecified atom stereocenters. The molecule has 7 heteroatoms. The van der Waals surface area contributed by atoms with Crippen LogP contribution in [0.5, 0.6) is 0 Å². The fourth-order valence-corrected chi connectivity index (χ4v) is 8.08. The van der Waals surface area contributed by atoms with Gasteiger partial charge in [-0.05, 0) is 12.8 Å². The maximum atomic E-state index is 12.7. The Labute approximate surface area is 320 Å². The predicted molar refractivity (Wildman–Crippen MR) is 223 cm³/mol. The molecule has 51 heavy (non-hydrogen) atoms. The minimum absolute atomic E-state index is 0.114. The third-order valence-corrected chi connectivity index (χ3v) is 11.6. The number of quaternary nitrogens is 1. The fourth-order valence-electron chi connectivity index (χ4n) is 6.70. The van der Waals surface area contributed by atoms with Gasteiger partial charge in [-0.25, -0.2) is 0 Å². The molecule has 0 aromatic carbocycles. The van der Waals surface area contributed by atoms with Crippen molar-refractivity contribution >= 4 is 7.60 Å². The minimum Gasteiger partial charge on any atom is -0.379 e. The first-order valence-corrected chi connectivity index (χ1v) is 24.4. The molecule has 0 heterocycles. The minimum atomic E-state index is -3.65. The van der Waals surface area contributed by atoms with Crippen molar-refractivity contribution < 1.29 is 27.9 Å². The number of hydrogen-bond acceptors (Lipinski definition) is 4. The Morgan fingerprint density at radius 3 is 1.12 bits per heavy atom. The first-order valence-electron chi connectivity index (χ1n) is 22.7. The normalized spacial score (nSPS) is 13.9. The molecule has 308 valence electrons. The maximum Gasteiger partial charge on any atom is 0.333 e. The van der Waals surface area contributed by atoms with Crippen molar-refractivity contribution in [2.75, 3.05) is 60.3 Å². The van der Waals surface area contributed by atoms with Crippen molar-refractivity contribution in [2.45, 2.75) is 225 Å². The lowest BCUT2D eigenvalue weighted by molar-refractivity contribution is -0.867. The SMILES string of the molecule is CCCCCCCCCCCCCCCCCCOC[C@@H](COP(=O)(O)CC[N+](C)(C)C)OCCCCCCCCCCCCCCCCCC. The van der Waals surface area contributed by atoms with Gasteiger partial charge in [-0.15, -0.1) is 0 Å². The molecule has 0 radical (unpaired) electrons. The topological polar surface area (TPSA) is 65.0 Å². The van der Waals surface area contributed by atoms with Crippen LogP contribution in [0.4, 0.5) is 0 Å².